The molecule has 8 heteroatoms. The number of carbonyl (C=O) groups is 2. The van der Waals surface area contributed by atoms with Crippen LogP contribution in [0.5, 0.6) is 0 Å². The number of nitrogens with zero attached hydrogens (tertiary/aromatic N) is 1. The molecule has 2 aromatic rings. The summed E-state index contributed by atoms with van der Waals surface area (Å²) in [5.41, 5.74) is 1.35. The second kappa shape index (κ2) is 8.39. The van der Waals surface area contributed by atoms with E-state index in [9.17, 15) is 18.0 Å². The Bertz CT molecular complexity index is 834. The lowest BCUT2D eigenvalue weighted by Gasteiger charge is -2.07. The molecule has 1 aromatic heterocycles. The standard InChI is InChI=1S/C17H19N3O4S/c1-13(21)20-15-4-6-16(7-5-15)25(23,24)10-8-17(22)19-12-14-3-2-9-18-11-14/h2-7,9,11H,8,10,12H2,1H3,(H,19,22)(H,20,21). The number of carbonyl (C=O) groups excluding carboxylic acids is 2. The van der Waals surface area contributed by atoms with Crippen molar-refractivity contribution in [1.29, 1.82) is 0 Å². The molecule has 1 heterocycles. The Hall–Kier alpha value is -2.74. The molecule has 0 fully saturated rings. The van der Waals surface area contributed by atoms with E-state index in [0.29, 0.717) is 12.2 Å². The largest absolute Gasteiger partial charge is 0.352 e. The van der Waals surface area contributed by atoms with Gasteiger partial charge in [-0.25, -0.2) is 8.42 Å². The van der Waals surface area contributed by atoms with E-state index in [1.54, 1.807) is 18.5 Å². The van der Waals surface area contributed by atoms with Gasteiger partial charge in [0.15, 0.2) is 9.84 Å². The lowest BCUT2D eigenvalue weighted by atomic mass is 10.3. The SMILES string of the molecule is CC(=O)Nc1ccc(S(=O)(=O)CCC(=O)NCc2cccnc2)cc1. The summed E-state index contributed by atoms with van der Waals surface area (Å²) in [5.74, 6) is -0.867. The molecule has 0 aliphatic heterocycles. The third-order valence-electron chi connectivity index (χ3n) is 3.34. The van der Waals surface area contributed by atoms with E-state index < -0.39 is 9.84 Å². The van der Waals surface area contributed by atoms with Gasteiger partial charge in [0, 0.05) is 38.0 Å². The van der Waals surface area contributed by atoms with Crippen molar-refractivity contribution in [2.75, 3.05) is 11.1 Å². The average Bonchev–Trinajstić information content (AvgIpc) is 2.59. The molecule has 0 aliphatic rings. The van der Waals surface area contributed by atoms with Crippen LogP contribution in [0.2, 0.25) is 0 Å². The van der Waals surface area contributed by atoms with Crippen LogP contribution in [0.4, 0.5) is 5.69 Å². The smallest absolute Gasteiger partial charge is 0.221 e. The third kappa shape index (κ3) is 6.00. The summed E-state index contributed by atoms with van der Waals surface area (Å²) in [6.07, 6.45) is 3.14. The van der Waals surface area contributed by atoms with Gasteiger partial charge in [-0.05, 0) is 35.9 Å². The average molecular weight is 361 g/mol. The van der Waals surface area contributed by atoms with Crippen molar-refractivity contribution in [1.82, 2.24) is 10.3 Å². The maximum atomic E-state index is 12.3. The molecule has 2 amide bonds. The second-order valence-electron chi connectivity index (χ2n) is 5.41. The molecule has 0 saturated heterocycles. The van der Waals surface area contributed by atoms with Crippen molar-refractivity contribution in [3.63, 3.8) is 0 Å². The first kappa shape index (κ1) is 18.6. The Labute approximate surface area is 146 Å². The Morgan fingerprint density at radius 3 is 2.44 bits per heavy atom. The van der Waals surface area contributed by atoms with E-state index in [1.165, 1.54) is 31.2 Å². The van der Waals surface area contributed by atoms with Gasteiger partial charge in [-0.2, -0.15) is 0 Å². The van der Waals surface area contributed by atoms with E-state index in [1.807, 2.05) is 6.07 Å². The molecule has 0 spiro atoms. The molecule has 7 nitrogen and oxygen atoms in total. The summed E-state index contributed by atoms with van der Waals surface area (Å²) in [4.78, 5) is 26.8. The number of rotatable bonds is 7. The molecule has 1 aromatic carbocycles. The van der Waals surface area contributed by atoms with E-state index in [0.717, 1.165) is 5.56 Å². The van der Waals surface area contributed by atoms with Gasteiger partial charge in [0.25, 0.3) is 0 Å². The van der Waals surface area contributed by atoms with Gasteiger partial charge in [-0.15, -0.1) is 0 Å². The van der Waals surface area contributed by atoms with Crippen LogP contribution >= 0.6 is 0 Å². The first-order valence-corrected chi connectivity index (χ1v) is 9.28. The van der Waals surface area contributed by atoms with Gasteiger partial charge < -0.3 is 10.6 Å². The van der Waals surface area contributed by atoms with E-state index in [4.69, 9.17) is 0 Å². The zero-order valence-corrected chi connectivity index (χ0v) is 14.5. The molecule has 0 aliphatic carbocycles. The van der Waals surface area contributed by atoms with Crippen LogP contribution in [-0.2, 0) is 26.0 Å². The number of anilines is 1. The van der Waals surface area contributed by atoms with Gasteiger partial charge in [0.1, 0.15) is 0 Å². The fourth-order valence-electron chi connectivity index (χ4n) is 2.09. The van der Waals surface area contributed by atoms with Crippen LogP contribution in [0.15, 0.2) is 53.7 Å². The normalized spacial score (nSPS) is 10.9. The van der Waals surface area contributed by atoms with E-state index >= 15 is 0 Å². The predicted molar refractivity (Wildman–Crippen MR) is 93.5 cm³/mol. The Kier molecular flexibility index (Phi) is 6.24. The number of benzene rings is 1. The number of hydrogen-bond donors (Lipinski definition) is 2. The molecule has 0 atom stereocenters. The Balaban J connectivity index is 1.88. The fraction of sp³-hybridized carbons (Fsp3) is 0.235. The number of aromatic nitrogens is 1. The van der Waals surface area contributed by atoms with Gasteiger partial charge in [0.2, 0.25) is 11.8 Å². The minimum Gasteiger partial charge on any atom is -0.352 e. The highest BCUT2D eigenvalue weighted by Crippen LogP contribution is 2.16. The number of hydrogen-bond acceptors (Lipinski definition) is 5. The molecule has 0 bridgehead atoms. The van der Waals surface area contributed by atoms with Crippen molar-refractivity contribution >= 4 is 27.3 Å². The topological polar surface area (TPSA) is 105 Å². The van der Waals surface area contributed by atoms with Crippen molar-refractivity contribution in [2.24, 2.45) is 0 Å². The summed E-state index contributed by atoms with van der Waals surface area (Å²) in [5, 5.41) is 5.23. The molecular formula is C17H19N3O4S. The molecule has 2 N–H and O–H groups in total. The first-order chi connectivity index (χ1) is 11.9. The van der Waals surface area contributed by atoms with E-state index in [2.05, 4.69) is 15.6 Å². The van der Waals surface area contributed by atoms with Gasteiger partial charge in [-0.1, -0.05) is 6.07 Å². The molecule has 0 saturated carbocycles. The lowest BCUT2D eigenvalue weighted by molar-refractivity contribution is -0.120. The number of pyridine rings is 1. The summed E-state index contributed by atoms with van der Waals surface area (Å²) in [6.45, 7) is 1.67. The summed E-state index contributed by atoms with van der Waals surface area (Å²) < 4.78 is 24.5. The molecule has 0 unspecified atom stereocenters. The minimum atomic E-state index is -3.57. The van der Waals surface area contributed by atoms with Crippen molar-refractivity contribution < 1.29 is 18.0 Å². The van der Waals surface area contributed by atoms with E-state index in [-0.39, 0.29) is 28.9 Å². The van der Waals surface area contributed by atoms with Crippen LogP contribution < -0.4 is 10.6 Å². The number of nitrogens with one attached hydrogen (secondary N) is 2. The van der Waals surface area contributed by atoms with Crippen LogP contribution in [0.3, 0.4) is 0 Å². The summed E-state index contributed by atoms with van der Waals surface area (Å²) >= 11 is 0. The highest BCUT2D eigenvalue weighted by atomic mass is 32.2. The first-order valence-electron chi connectivity index (χ1n) is 7.63. The van der Waals surface area contributed by atoms with Crippen LogP contribution in [-0.4, -0.2) is 31.0 Å². The zero-order valence-electron chi connectivity index (χ0n) is 13.7. The Morgan fingerprint density at radius 1 is 1.12 bits per heavy atom. The third-order valence-corrected chi connectivity index (χ3v) is 5.08. The minimum absolute atomic E-state index is 0.113. The maximum absolute atomic E-state index is 12.3. The van der Waals surface area contributed by atoms with Crippen molar-refractivity contribution in [3.05, 3.63) is 54.4 Å². The number of sulfone groups is 1. The van der Waals surface area contributed by atoms with Gasteiger partial charge in [-0.3, -0.25) is 14.6 Å². The van der Waals surface area contributed by atoms with Crippen molar-refractivity contribution in [2.45, 2.75) is 24.8 Å². The predicted octanol–water partition coefficient (Wildman–Crippen LogP) is 1.52. The van der Waals surface area contributed by atoms with Crippen LogP contribution in [0.1, 0.15) is 18.9 Å². The summed E-state index contributed by atoms with van der Waals surface area (Å²) in [7, 11) is -3.57. The highest BCUT2D eigenvalue weighted by Gasteiger charge is 2.16. The molecule has 0 radical (unpaired) electrons. The number of amides is 2. The van der Waals surface area contributed by atoms with Crippen molar-refractivity contribution in [3.8, 4) is 0 Å². The lowest BCUT2D eigenvalue weighted by Crippen LogP contribution is -2.25. The molecular weight excluding hydrogens is 342 g/mol. The van der Waals surface area contributed by atoms with Gasteiger partial charge >= 0.3 is 0 Å². The molecule has 25 heavy (non-hydrogen) atoms. The van der Waals surface area contributed by atoms with Gasteiger partial charge in [0.05, 0.1) is 10.6 Å². The fourth-order valence-corrected chi connectivity index (χ4v) is 3.33. The molecule has 2 rings (SSSR count). The van der Waals surface area contributed by atoms with Crippen LogP contribution in [0.25, 0.3) is 0 Å². The van der Waals surface area contributed by atoms with Crippen LogP contribution in [0, 0.1) is 0 Å². The Morgan fingerprint density at radius 2 is 1.84 bits per heavy atom. The quantitative estimate of drug-likeness (QED) is 0.778. The monoisotopic (exact) mass is 361 g/mol. The highest BCUT2D eigenvalue weighted by molar-refractivity contribution is 7.91. The maximum Gasteiger partial charge on any atom is 0.221 e. The molecule has 132 valence electrons. The summed E-state index contributed by atoms with van der Waals surface area (Å²) in [6, 6.07) is 9.42. The zero-order chi connectivity index (χ0) is 18.3. The second-order valence-corrected chi connectivity index (χ2v) is 7.52.